The van der Waals surface area contributed by atoms with Crippen molar-refractivity contribution >= 4 is 33.7 Å². The van der Waals surface area contributed by atoms with Crippen molar-refractivity contribution in [3.63, 3.8) is 0 Å². The Bertz CT molecular complexity index is 1280. The number of hydrogen-bond acceptors (Lipinski definition) is 10. The molecule has 0 saturated carbocycles. The second-order valence-corrected chi connectivity index (χ2v) is 13.0. The average molecular weight is 627 g/mol. The number of carboxylic acid groups (broad SMARTS) is 1. The fourth-order valence-electron chi connectivity index (χ4n) is 4.57. The van der Waals surface area contributed by atoms with Crippen LogP contribution in [0.1, 0.15) is 26.7 Å². The lowest BCUT2D eigenvalue weighted by Crippen LogP contribution is -2.68. The molecule has 1 amide bonds. The molecule has 1 aliphatic heterocycles. The first kappa shape index (κ1) is 33.9. The maximum absolute atomic E-state index is 12.9. The molecule has 3 rings (SSSR count). The number of aliphatic carboxylic acids is 1. The van der Waals surface area contributed by atoms with Crippen molar-refractivity contribution in [3.05, 3.63) is 54.6 Å². The van der Waals surface area contributed by atoms with Gasteiger partial charge in [0.2, 0.25) is 15.9 Å². The summed E-state index contributed by atoms with van der Waals surface area (Å²) in [4.78, 5) is 24.0. The lowest BCUT2D eigenvalue weighted by molar-refractivity contribution is -0.310. The van der Waals surface area contributed by atoms with Crippen molar-refractivity contribution < 1.29 is 47.9 Å². The molecule has 0 aliphatic carbocycles. The van der Waals surface area contributed by atoms with E-state index in [1.165, 1.54) is 12.1 Å². The highest BCUT2D eigenvalue weighted by molar-refractivity contribution is 7.99. The Labute approximate surface area is 249 Å². The first-order valence-corrected chi connectivity index (χ1v) is 16.1. The number of aliphatic hydroxyl groups is 3. The summed E-state index contributed by atoms with van der Waals surface area (Å²) in [5.41, 5.74) is 1.70. The summed E-state index contributed by atoms with van der Waals surface area (Å²) in [5, 5.41) is 44.9. The number of rotatable bonds is 15. The summed E-state index contributed by atoms with van der Waals surface area (Å²) < 4.78 is 39.3. The molecule has 0 bridgehead atoms. The molecule has 0 aromatic heterocycles. The number of sulfonamides is 1. The van der Waals surface area contributed by atoms with Gasteiger partial charge < -0.3 is 35.2 Å². The van der Waals surface area contributed by atoms with E-state index in [2.05, 4.69) is 10.0 Å². The van der Waals surface area contributed by atoms with Crippen molar-refractivity contribution in [1.82, 2.24) is 10.0 Å². The first-order valence-electron chi connectivity index (χ1n) is 13.5. The number of benzene rings is 2. The Morgan fingerprint density at radius 1 is 1.12 bits per heavy atom. The summed E-state index contributed by atoms with van der Waals surface area (Å²) in [6.45, 7) is 2.43. The fourth-order valence-corrected chi connectivity index (χ4v) is 6.23. The number of hydrogen-bond donors (Lipinski definition) is 6. The second-order valence-electron chi connectivity index (χ2n) is 9.84. The summed E-state index contributed by atoms with van der Waals surface area (Å²) in [6, 6.07) is 14.1. The van der Waals surface area contributed by atoms with Gasteiger partial charge in [-0.05, 0) is 41.2 Å². The van der Waals surface area contributed by atoms with Gasteiger partial charge >= 0.3 is 5.97 Å². The van der Waals surface area contributed by atoms with Gasteiger partial charge in [0.05, 0.1) is 29.8 Å². The molecule has 1 heterocycles. The Kier molecular flexibility index (Phi) is 12.3. The monoisotopic (exact) mass is 626 g/mol. The van der Waals surface area contributed by atoms with Crippen LogP contribution < -0.4 is 10.0 Å². The van der Waals surface area contributed by atoms with Crippen molar-refractivity contribution in [2.75, 3.05) is 24.7 Å². The normalized spacial score (nSPS) is 24.1. The number of nitrogens with one attached hydrogen (secondary N) is 2. The highest BCUT2D eigenvalue weighted by Crippen LogP contribution is 2.34. The number of amides is 1. The molecule has 12 nitrogen and oxygen atoms in total. The van der Waals surface area contributed by atoms with E-state index in [-0.39, 0.29) is 11.5 Å². The maximum atomic E-state index is 12.9. The molecule has 1 fully saturated rings. The van der Waals surface area contributed by atoms with Crippen LogP contribution >= 0.6 is 11.8 Å². The van der Waals surface area contributed by atoms with E-state index in [0.29, 0.717) is 12.2 Å². The zero-order chi connectivity index (χ0) is 30.9. The molecule has 2 aromatic rings. The van der Waals surface area contributed by atoms with Crippen molar-refractivity contribution in [2.24, 2.45) is 0 Å². The van der Waals surface area contributed by atoms with E-state index >= 15 is 0 Å². The van der Waals surface area contributed by atoms with Crippen LogP contribution in [-0.2, 0) is 29.1 Å². The third-order valence-corrected chi connectivity index (χ3v) is 9.15. The standard InChI is InChI=1S/C28H38N2O10S2/c1-3-41-15-7-14-39-28(27(35)36)16-22(32)24(30-18(2)31)26(40-28)25(34)23(33)17-29-42(37,38)21-12-10-20(11-13-21)19-8-5-4-6-9-19/h4-6,8-13,22-26,29,32-34H,3,7,14-17H2,1-2H3,(H,30,31)(H,35,36)/t22?,23-,24-,25-,26-,28-/m1/s1. The zero-order valence-corrected chi connectivity index (χ0v) is 25.0. The highest BCUT2D eigenvalue weighted by Gasteiger charge is 2.55. The van der Waals surface area contributed by atoms with Crippen molar-refractivity contribution in [1.29, 1.82) is 0 Å². The Morgan fingerprint density at radius 3 is 2.36 bits per heavy atom. The van der Waals surface area contributed by atoms with Crippen LogP contribution in [0.5, 0.6) is 0 Å². The van der Waals surface area contributed by atoms with Gasteiger partial charge in [0, 0.05) is 19.9 Å². The molecular weight excluding hydrogens is 588 g/mol. The largest absolute Gasteiger partial charge is 0.477 e. The lowest BCUT2D eigenvalue weighted by atomic mass is 9.88. The summed E-state index contributed by atoms with van der Waals surface area (Å²) in [7, 11) is -4.12. The van der Waals surface area contributed by atoms with Crippen LogP contribution in [0.15, 0.2) is 59.5 Å². The summed E-state index contributed by atoms with van der Waals surface area (Å²) >= 11 is 1.63. The zero-order valence-electron chi connectivity index (χ0n) is 23.4. The van der Waals surface area contributed by atoms with E-state index in [1.807, 2.05) is 37.3 Å². The second kappa shape index (κ2) is 15.3. The molecule has 6 N–H and O–H groups in total. The number of carboxylic acids is 1. The van der Waals surface area contributed by atoms with E-state index in [4.69, 9.17) is 9.47 Å². The van der Waals surface area contributed by atoms with Crippen molar-refractivity contribution in [3.8, 4) is 11.1 Å². The third kappa shape index (κ3) is 8.74. The summed E-state index contributed by atoms with van der Waals surface area (Å²) in [6.07, 6.45) is -7.01. The minimum absolute atomic E-state index is 0.0228. The molecule has 0 spiro atoms. The Balaban J connectivity index is 1.73. The van der Waals surface area contributed by atoms with Gasteiger partial charge in [-0.25, -0.2) is 17.9 Å². The SMILES string of the molecule is CCSCCCO[C@]1(C(=O)O)CC(O)[C@@H](NC(C)=O)[C@H]([C@H](O)[C@H](O)CNS(=O)(=O)c2ccc(-c3ccccc3)cc2)O1. The minimum atomic E-state index is -4.12. The number of aliphatic hydroxyl groups excluding tert-OH is 3. The van der Waals surface area contributed by atoms with Gasteiger partial charge in [0.1, 0.15) is 12.2 Å². The third-order valence-electron chi connectivity index (χ3n) is 6.73. The number of ether oxygens (including phenoxy) is 2. The maximum Gasteiger partial charge on any atom is 0.364 e. The van der Waals surface area contributed by atoms with Gasteiger partial charge in [-0.3, -0.25) is 4.79 Å². The van der Waals surface area contributed by atoms with Gasteiger partial charge in [-0.15, -0.1) is 0 Å². The van der Waals surface area contributed by atoms with E-state index in [9.17, 15) is 38.4 Å². The van der Waals surface area contributed by atoms with Crippen LogP contribution in [0.4, 0.5) is 0 Å². The topological polar surface area (TPSA) is 192 Å². The quantitative estimate of drug-likeness (QED) is 0.154. The summed E-state index contributed by atoms with van der Waals surface area (Å²) in [5.74, 6) is -2.96. The number of carbonyl (C=O) groups excluding carboxylic acids is 1. The van der Waals surface area contributed by atoms with Crippen LogP contribution in [-0.4, -0.2) is 102 Å². The molecule has 0 radical (unpaired) electrons. The predicted molar refractivity (Wildman–Crippen MR) is 156 cm³/mol. The smallest absolute Gasteiger partial charge is 0.364 e. The average Bonchev–Trinajstić information content (AvgIpc) is 2.97. The van der Waals surface area contributed by atoms with E-state index in [0.717, 1.165) is 23.8 Å². The van der Waals surface area contributed by atoms with Crippen molar-refractivity contribution in [2.45, 2.75) is 67.8 Å². The van der Waals surface area contributed by atoms with Crippen LogP contribution in [0.2, 0.25) is 0 Å². The van der Waals surface area contributed by atoms with Gasteiger partial charge in [-0.1, -0.05) is 49.4 Å². The molecule has 14 heteroatoms. The number of carbonyl (C=O) groups is 2. The molecule has 1 saturated heterocycles. The highest BCUT2D eigenvalue weighted by atomic mass is 32.2. The van der Waals surface area contributed by atoms with Gasteiger partial charge in [0.15, 0.2) is 0 Å². The fraction of sp³-hybridized carbons (Fsp3) is 0.500. The van der Waals surface area contributed by atoms with Gasteiger partial charge in [0.25, 0.3) is 5.79 Å². The minimum Gasteiger partial charge on any atom is -0.477 e. The molecule has 232 valence electrons. The van der Waals surface area contributed by atoms with Crippen LogP contribution in [0.3, 0.4) is 0 Å². The van der Waals surface area contributed by atoms with E-state index in [1.54, 1.807) is 23.9 Å². The molecule has 1 unspecified atom stereocenters. The predicted octanol–water partition coefficient (Wildman–Crippen LogP) is 0.949. The molecule has 1 aliphatic rings. The Morgan fingerprint density at radius 2 is 1.76 bits per heavy atom. The Hall–Kier alpha value is -2.56. The van der Waals surface area contributed by atoms with Gasteiger partial charge in [-0.2, -0.15) is 11.8 Å². The molecule has 2 aromatic carbocycles. The van der Waals surface area contributed by atoms with Crippen LogP contribution in [0, 0.1) is 0 Å². The van der Waals surface area contributed by atoms with Crippen LogP contribution in [0.25, 0.3) is 11.1 Å². The number of thioether (sulfide) groups is 1. The molecule has 42 heavy (non-hydrogen) atoms. The molecular formula is C28H38N2O10S2. The lowest BCUT2D eigenvalue weighted by Gasteiger charge is -2.46. The van der Waals surface area contributed by atoms with E-state index < -0.39 is 71.1 Å². The first-order chi connectivity index (χ1) is 19.9. The molecule has 6 atom stereocenters.